The number of carbonyl (C=O) groups excluding carboxylic acids is 8. The number of aromatic amines is 1. The number of guanidine groups is 1. The van der Waals surface area contributed by atoms with Crippen molar-refractivity contribution < 1.29 is 92.6 Å². The molecule has 1 aromatic carbocycles. The number of carboxylic acid groups (broad SMARTS) is 5. The van der Waals surface area contributed by atoms with E-state index < -0.39 is 170 Å². The Morgan fingerprint density at radius 2 is 1.32 bits per heavy atom. The van der Waals surface area contributed by atoms with E-state index in [1.54, 1.807) is 0 Å². The zero-order valence-electron chi connectivity index (χ0n) is 44.9. The van der Waals surface area contributed by atoms with Gasteiger partial charge in [-0.1, -0.05) is 21.6 Å². The maximum absolute atomic E-state index is 14.0. The van der Waals surface area contributed by atoms with Crippen LogP contribution in [0.1, 0.15) is 87.2 Å². The van der Waals surface area contributed by atoms with Crippen molar-refractivity contribution in [3.8, 4) is 0 Å². The summed E-state index contributed by atoms with van der Waals surface area (Å²) in [5, 5.41) is 60.8. The number of H-pyrrole nitrogens is 1. The average Bonchev–Trinajstić information content (AvgIpc) is 2.86. The second kappa shape index (κ2) is 34.9. The quantitative estimate of drug-likeness (QED) is 0.00981. The van der Waals surface area contributed by atoms with Gasteiger partial charge in [0.2, 0.25) is 23.7 Å². The largest absolute Gasteiger partial charge is 0.481 e. The minimum atomic E-state index is -1.93. The molecule has 6 atom stereocenters. The van der Waals surface area contributed by atoms with E-state index in [1.807, 2.05) is 0 Å². The number of ether oxygens (including phenoxy) is 1. The van der Waals surface area contributed by atoms with Crippen LogP contribution in [0.15, 0.2) is 40.2 Å². The van der Waals surface area contributed by atoms with Crippen LogP contribution < -0.4 is 49.3 Å². The minimum Gasteiger partial charge on any atom is -0.481 e. The number of nitrogens with one attached hydrogen (secondary N) is 6. The lowest BCUT2D eigenvalue weighted by Crippen LogP contribution is -2.48. The number of carbonyl (C=O) groups is 13. The van der Waals surface area contributed by atoms with Crippen LogP contribution in [0.2, 0.25) is 0 Å². The van der Waals surface area contributed by atoms with Crippen LogP contribution in [0.4, 0.5) is 11.6 Å². The highest BCUT2D eigenvalue weighted by Crippen LogP contribution is 2.26. The van der Waals surface area contributed by atoms with Crippen molar-refractivity contribution in [1.82, 2.24) is 41.2 Å². The molecule has 3 aromatic rings. The van der Waals surface area contributed by atoms with Crippen LogP contribution in [0, 0.1) is 17.8 Å². The number of aromatic nitrogens is 4. The van der Waals surface area contributed by atoms with E-state index in [4.69, 9.17) is 21.9 Å². The average molecular weight is 1220 g/mol. The molecule has 0 saturated carbocycles. The van der Waals surface area contributed by atoms with Crippen LogP contribution in [-0.4, -0.2) is 178 Å². The molecule has 456 valence electrons. The van der Waals surface area contributed by atoms with Gasteiger partial charge in [0.1, 0.15) is 25.0 Å². The molecule has 3 rings (SSSR count). The van der Waals surface area contributed by atoms with Gasteiger partial charge in [-0.25, -0.2) is 14.8 Å². The van der Waals surface area contributed by atoms with Gasteiger partial charge in [0.05, 0.1) is 67.5 Å². The fourth-order valence-corrected chi connectivity index (χ4v) is 9.67. The summed E-state index contributed by atoms with van der Waals surface area (Å²) >= 11 is 0. The van der Waals surface area contributed by atoms with E-state index in [0.717, 1.165) is 21.6 Å². The van der Waals surface area contributed by atoms with Gasteiger partial charge >= 0.3 is 35.8 Å². The molecule has 35 heteroatoms. The standard InChI is InChI=1S/C49H63N13O20S2/c1-23(63)54-21-39(73)82-11-12-83-84-22-27(46(78)79)15-35(66)33(18-38(71)72)60-44(76)26(17-37(69)70)14-34(65)31(3-2-10-53-48(50)51)58-43(75)25(16-36(67)68)13-30(64)8-9-32(47(80)81)59-42(74)24-4-6-28(7-5-24)55-19-29-20-56-41-40(57-29)45(77)62-49(52)61-41/h4-7,20,25-27,31-33,55H,2-3,8-19,21-22H2,1H3,(H,54,63)(H,58,75)(H,59,74)(H,60,76)(H,67,68)(H,69,70)(H,71,72)(H,78,79)(H,80,81)(H4,50,51,53)(H3,52,56,61,62,77)/t25-,26-,27-,31-,32-,33-/m0/s1. The lowest BCUT2D eigenvalue weighted by Gasteiger charge is -2.24. The Hall–Kier alpha value is -9.28. The monoisotopic (exact) mass is 1220 g/mol. The Kier molecular flexibility index (Phi) is 28.6. The number of rotatable bonds is 40. The molecule has 0 radical (unpaired) electrons. The van der Waals surface area contributed by atoms with Crippen molar-refractivity contribution in [2.45, 2.75) is 95.8 Å². The summed E-state index contributed by atoms with van der Waals surface area (Å²) in [5.41, 5.74) is 16.6. The summed E-state index contributed by atoms with van der Waals surface area (Å²) < 4.78 is 4.93. The molecule has 0 aliphatic heterocycles. The minimum absolute atomic E-state index is 0.00846. The number of anilines is 2. The van der Waals surface area contributed by atoms with Gasteiger partial charge in [0, 0.05) is 61.9 Å². The normalized spacial score (nSPS) is 13.0. The Bertz CT molecular complexity index is 3010. The summed E-state index contributed by atoms with van der Waals surface area (Å²) in [6.07, 6.45) is -5.99. The fraction of sp³-hybridized carbons (Fsp3) is 0.469. The summed E-state index contributed by atoms with van der Waals surface area (Å²) in [4.78, 5) is 195. The molecule has 0 bridgehead atoms. The van der Waals surface area contributed by atoms with Crippen LogP contribution in [0.25, 0.3) is 11.2 Å². The topological polar surface area (TPSA) is 554 Å². The third-order valence-electron chi connectivity index (χ3n) is 11.7. The molecule has 0 unspecified atom stereocenters. The predicted octanol–water partition coefficient (Wildman–Crippen LogP) is -1.81. The number of nitrogens with two attached hydrogens (primary N) is 3. The van der Waals surface area contributed by atoms with Gasteiger partial charge in [-0.15, -0.1) is 0 Å². The summed E-state index contributed by atoms with van der Waals surface area (Å²) in [6.45, 7) is 0.658. The zero-order chi connectivity index (χ0) is 62.6. The number of amides is 4. The van der Waals surface area contributed by atoms with E-state index >= 15 is 0 Å². The molecule has 0 spiro atoms. The summed E-state index contributed by atoms with van der Waals surface area (Å²) in [7, 11) is 2.03. The highest BCUT2D eigenvalue weighted by atomic mass is 33.1. The smallest absolute Gasteiger partial charge is 0.326 e. The second-order valence-corrected chi connectivity index (χ2v) is 21.1. The number of nitrogen functional groups attached to an aromatic ring is 1. The number of carboxylic acids is 5. The summed E-state index contributed by atoms with van der Waals surface area (Å²) in [5.74, 6) is -21.0. The van der Waals surface area contributed by atoms with Gasteiger partial charge in [0.15, 0.2) is 28.7 Å². The highest BCUT2D eigenvalue weighted by Gasteiger charge is 2.36. The predicted molar refractivity (Wildman–Crippen MR) is 296 cm³/mol. The van der Waals surface area contributed by atoms with Gasteiger partial charge < -0.3 is 74.1 Å². The molecule has 2 heterocycles. The first kappa shape index (κ1) is 69.0. The second-order valence-electron chi connectivity index (χ2n) is 18.4. The van der Waals surface area contributed by atoms with Crippen LogP contribution >= 0.6 is 21.6 Å². The summed E-state index contributed by atoms with van der Waals surface area (Å²) in [6, 6.07) is 0.453. The Morgan fingerprint density at radius 1 is 0.714 bits per heavy atom. The lowest BCUT2D eigenvalue weighted by molar-refractivity contribution is -0.145. The number of hydrogen-bond acceptors (Lipinski definition) is 23. The van der Waals surface area contributed by atoms with E-state index in [2.05, 4.69) is 51.5 Å². The van der Waals surface area contributed by atoms with Crippen LogP contribution in [0.3, 0.4) is 0 Å². The molecule has 84 heavy (non-hydrogen) atoms. The molecular weight excluding hydrogens is 1150 g/mol. The van der Waals surface area contributed by atoms with E-state index in [0.29, 0.717) is 11.4 Å². The molecule has 0 aliphatic carbocycles. The highest BCUT2D eigenvalue weighted by molar-refractivity contribution is 8.76. The number of hydrogen-bond donors (Lipinski definition) is 14. The third kappa shape index (κ3) is 25.7. The maximum Gasteiger partial charge on any atom is 0.326 e. The molecular formula is C49H63N13O20S2. The van der Waals surface area contributed by atoms with E-state index in [-0.39, 0.29) is 79.2 Å². The van der Waals surface area contributed by atoms with E-state index in [1.165, 1.54) is 37.4 Å². The lowest BCUT2D eigenvalue weighted by atomic mass is 9.90. The molecule has 0 saturated heterocycles. The number of nitrogens with zero attached hydrogens (tertiary/aromatic N) is 4. The van der Waals surface area contributed by atoms with Gasteiger partial charge in [-0.3, -0.25) is 72.3 Å². The molecule has 33 nitrogen and oxygen atoms in total. The van der Waals surface area contributed by atoms with E-state index in [9.17, 15) is 92.7 Å². The number of benzene rings is 1. The number of aliphatic imine (C=N–C) groups is 1. The zero-order valence-corrected chi connectivity index (χ0v) is 46.5. The number of Topliss-reactive ketones (excluding diaryl/α,β-unsaturated/α-hetero) is 3. The maximum atomic E-state index is 14.0. The Balaban J connectivity index is 1.69. The van der Waals surface area contributed by atoms with Crippen LogP contribution in [-0.2, 0) is 68.8 Å². The van der Waals surface area contributed by atoms with Crippen molar-refractivity contribution in [2.75, 3.05) is 42.3 Å². The van der Waals surface area contributed by atoms with Gasteiger partial charge in [-0.05, 0) is 43.5 Å². The molecule has 0 fully saturated rings. The van der Waals surface area contributed by atoms with Crippen molar-refractivity contribution in [2.24, 2.45) is 34.2 Å². The number of aliphatic carboxylic acids is 5. The molecule has 4 amide bonds. The fourth-order valence-electron chi connectivity index (χ4n) is 7.54. The third-order valence-corrected chi connectivity index (χ3v) is 14.2. The van der Waals surface area contributed by atoms with Crippen molar-refractivity contribution in [3.05, 3.63) is 52.1 Å². The van der Waals surface area contributed by atoms with Crippen molar-refractivity contribution in [3.63, 3.8) is 0 Å². The van der Waals surface area contributed by atoms with Crippen LogP contribution in [0.5, 0.6) is 0 Å². The van der Waals surface area contributed by atoms with Gasteiger partial charge in [-0.2, -0.15) is 4.98 Å². The number of esters is 1. The first-order chi connectivity index (χ1) is 39.6. The molecule has 17 N–H and O–H groups in total. The Labute approximate surface area is 483 Å². The number of ketones is 3. The van der Waals surface area contributed by atoms with Crippen molar-refractivity contribution in [1.29, 1.82) is 0 Å². The molecule has 2 aromatic heterocycles. The first-order valence-corrected chi connectivity index (χ1v) is 27.8. The first-order valence-electron chi connectivity index (χ1n) is 25.3. The van der Waals surface area contributed by atoms with Crippen molar-refractivity contribution >= 4 is 127 Å². The SMILES string of the molecule is CC(=O)NCC(=O)OCCSSC[C@H](CC(=O)[C@H](CC(=O)O)NC(=O)[C@H](CC(=O)O)CC(=O)[C@H](CCCN=C(N)N)NC(=O)[C@H](CC(=O)O)CC(=O)CC[C@H](NC(=O)c1ccc(NCc2cnc3nc(N)[nH]c(=O)c3n2)cc1)C(=O)O)C(=O)O. The molecule has 0 aliphatic rings. The number of fused-ring (bicyclic) bond motifs is 1. The Morgan fingerprint density at radius 3 is 1.92 bits per heavy atom. The van der Waals surface area contributed by atoms with Gasteiger partial charge in [0.25, 0.3) is 11.5 Å².